The van der Waals surface area contributed by atoms with Gasteiger partial charge in [0.05, 0.1) is 17.1 Å². The molecular weight excluding hydrogens is 338 g/mol. The Morgan fingerprint density at radius 3 is 2.67 bits per heavy atom. The highest BCUT2D eigenvalue weighted by atomic mass is 16.1. The zero-order chi connectivity index (χ0) is 18.4. The molecule has 144 valence electrons. The third-order valence-corrected chi connectivity index (χ3v) is 6.59. The summed E-state index contributed by atoms with van der Waals surface area (Å²) in [6.07, 6.45) is 8.33. The summed E-state index contributed by atoms with van der Waals surface area (Å²) >= 11 is 0. The van der Waals surface area contributed by atoms with Crippen molar-refractivity contribution in [1.82, 2.24) is 24.5 Å². The van der Waals surface area contributed by atoms with Gasteiger partial charge in [-0.15, -0.1) is 0 Å². The van der Waals surface area contributed by atoms with Crippen molar-refractivity contribution < 1.29 is 0 Å². The fourth-order valence-electron chi connectivity index (χ4n) is 4.76. The molecule has 0 amide bonds. The number of fused-ring (bicyclic) bond motifs is 1. The lowest BCUT2D eigenvalue weighted by Gasteiger charge is -2.32. The van der Waals surface area contributed by atoms with Crippen LogP contribution in [0.2, 0.25) is 0 Å². The minimum absolute atomic E-state index is 0.0484. The highest BCUT2D eigenvalue weighted by Crippen LogP contribution is 2.38. The van der Waals surface area contributed by atoms with Crippen LogP contribution in [0.4, 0.5) is 0 Å². The molecule has 2 aromatic rings. The fraction of sp³-hybridized carbons (Fsp3) is 0.667. The Labute approximate surface area is 160 Å². The van der Waals surface area contributed by atoms with Gasteiger partial charge in [-0.2, -0.15) is 10.2 Å². The second-order valence-electron chi connectivity index (χ2n) is 8.62. The summed E-state index contributed by atoms with van der Waals surface area (Å²) in [5, 5.41) is 9.35. The number of piperidine rings is 1. The molecule has 0 unspecified atom stereocenters. The third kappa shape index (κ3) is 3.47. The number of likely N-dealkylation sites (tertiary alicyclic amines) is 1. The van der Waals surface area contributed by atoms with E-state index in [1.54, 1.807) is 10.7 Å². The summed E-state index contributed by atoms with van der Waals surface area (Å²) in [6, 6.07) is 3.63. The molecule has 1 saturated heterocycles. The Balaban J connectivity index is 1.20. The second-order valence-corrected chi connectivity index (χ2v) is 8.62. The van der Waals surface area contributed by atoms with Crippen LogP contribution >= 0.6 is 0 Å². The first-order chi connectivity index (χ1) is 13.2. The molecule has 0 spiro atoms. The molecule has 5 rings (SSSR count). The van der Waals surface area contributed by atoms with Crippen LogP contribution in [0.5, 0.6) is 0 Å². The SMILES string of the molecule is Cn1nc2c(c1CN1CCC(Cn3nc(C4CC4)ccc3=O)CC1)CCC2. The van der Waals surface area contributed by atoms with Crippen molar-refractivity contribution in [3.05, 3.63) is 45.1 Å². The van der Waals surface area contributed by atoms with Crippen molar-refractivity contribution in [2.75, 3.05) is 13.1 Å². The Bertz CT molecular complexity index is 886. The van der Waals surface area contributed by atoms with E-state index in [-0.39, 0.29) is 5.56 Å². The zero-order valence-electron chi connectivity index (χ0n) is 16.2. The predicted molar refractivity (Wildman–Crippen MR) is 104 cm³/mol. The van der Waals surface area contributed by atoms with E-state index in [0.717, 1.165) is 51.1 Å². The van der Waals surface area contributed by atoms with Crippen LogP contribution in [0.1, 0.15) is 60.7 Å². The second kappa shape index (κ2) is 6.89. The molecule has 0 aromatic carbocycles. The van der Waals surface area contributed by atoms with Gasteiger partial charge in [-0.05, 0) is 75.6 Å². The van der Waals surface area contributed by atoms with Gasteiger partial charge in [0.1, 0.15) is 0 Å². The number of rotatable bonds is 5. The Kier molecular flexibility index (Phi) is 4.38. The number of hydrogen-bond donors (Lipinski definition) is 0. The Hall–Kier alpha value is -1.95. The van der Waals surface area contributed by atoms with Crippen LogP contribution in [-0.4, -0.2) is 37.6 Å². The minimum atomic E-state index is 0.0484. The first-order valence-corrected chi connectivity index (χ1v) is 10.5. The van der Waals surface area contributed by atoms with E-state index in [9.17, 15) is 4.79 Å². The zero-order valence-corrected chi connectivity index (χ0v) is 16.2. The largest absolute Gasteiger partial charge is 0.297 e. The quantitative estimate of drug-likeness (QED) is 0.813. The molecule has 1 aliphatic heterocycles. The molecule has 1 saturated carbocycles. The van der Waals surface area contributed by atoms with E-state index < -0.39 is 0 Å². The van der Waals surface area contributed by atoms with E-state index >= 15 is 0 Å². The van der Waals surface area contributed by atoms with E-state index in [2.05, 4.69) is 21.7 Å². The van der Waals surface area contributed by atoms with Gasteiger partial charge in [0.15, 0.2) is 0 Å². The molecular formula is C21H29N5O. The summed E-state index contributed by atoms with van der Waals surface area (Å²) in [7, 11) is 2.09. The van der Waals surface area contributed by atoms with E-state index in [1.807, 2.05) is 6.07 Å². The number of aromatic nitrogens is 4. The van der Waals surface area contributed by atoms with Gasteiger partial charge in [0.2, 0.25) is 0 Å². The first kappa shape index (κ1) is 17.2. The Morgan fingerprint density at radius 1 is 1.07 bits per heavy atom. The van der Waals surface area contributed by atoms with Gasteiger partial charge < -0.3 is 0 Å². The van der Waals surface area contributed by atoms with E-state index in [4.69, 9.17) is 5.10 Å². The molecule has 0 radical (unpaired) electrons. The molecule has 6 nitrogen and oxygen atoms in total. The van der Waals surface area contributed by atoms with Crippen molar-refractivity contribution in [3.8, 4) is 0 Å². The van der Waals surface area contributed by atoms with Crippen LogP contribution in [0.15, 0.2) is 16.9 Å². The summed E-state index contributed by atoms with van der Waals surface area (Å²) in [5.41, 5.74) is 5.40. The van der Waals surface area contributed by atoms with Gasteiger partial charge in [0, 0.05) is 32.1 Å². The Morgan fingerprint density at radius 2 is 1.89 bits per heavy atom. The van der Waals surface area contributed by atoms with Crippen LogP contribution in [0.3, 0.4) is 0 Å². The molecule has 0 bridgehead atoms. The molecule has 3 heterocycles. The summed E-state index contributed by atoms with van der Waals surface area (Å²) in [5.74, 6) is 1.15. The first-order valence-electron chi connectivity index (χ1n) is 10.5. The summed E-state index contributed by atoms with van der Waals surface area (Å²) in [6.45, 7) is 3.98. The average Bonchev–Trinajstić information content (AvgIpc) is 3.35. The van der Waals surface area contributed by atoms with Crippen LogP contribution in [0, 0.1) is 5.92 Å². The summed E-state index contributed by atoms with van der Waals surface area (Å²) in [4.78, 5) is 14.7. The van der Waals surface area contributed by atoms with Gasteiger partial charge in [0.25, 0.3) is 5.56 Å². The normalized spacial score (nSPS) is 20.9. The highest BCUT2D eigenvalue weighted by Gasteiger charge is 2.27. The van der Waals surface area contributed by atoms with Crippen molar-refractivity contribution in [1.29, 1.82) is 0 Å². The molecule has 2 aliphatic carbocycles. The molecule has 6 heteroatoms. The minimum Gasteiger partial charge on any atom is -0.297 e. The number of nitrogens with zero attached hydrogens (tertiary/aromatic N) is 5. The van der Waals surface area contributed by atoms with Gasteiger partial charge in [-0.25, -0.2) is 4.68 Å². The lowest BCUT2D eigenvalue weighted by atomic mass is 9.96. The maximum atomic E-state index is 12.2. The number of hydrogen-bond acceptors (Lipinski definition) is 4. The average molecular weight is 367 g/mol. The van der Waals surface area contributed by atoms with Gasteiger partial charge >= 0.3 is 0 Å². The third-order valence-electron chi connectivity index (χ3n) is 6.59. The van der Waals surface area contributed by atoms with Crippen molar-refractivity contribution in [2.45, 2.75) is 64.0 Å². The fourth-order valence-corrected chi connectivity index (χ4v) is 4.76. The monoisotopic (exact) mass is 367 g/mol. The maximum Gasteiger partial charge on any atom is 0.266 e. The molecule has 0 N–H and O–H groups in total. The van der Waals surface area contributed by atoms with E-state index in [1.165, 1.54) is 42.6 Å². The van der Waals surface area contributed by atoms with Crippen molar-refractivity contribution in [3.63, 3.8) is 0 Å². The predicted octanol–water partition coefficient (Wildman–Crippen LogP) is 2.26. The van der Waals surface area contributed by atoms with Gasteiger partial charge in [-0.1, -0.05) is 0 Å². The smallest absolute Gasteiger partial charge is 0.266 e. The highest BCUT2D eigenvalue weighted by molar-refractivity contribution is 5.30. The standard InChI is InChI=1S/C21H29N5O/c1-24-20(17-3-2-4-19(17)22-24)14-25-11-9-15(10-12-25)13-26-21(27)8-7-18(23-26)16-5-6-16/h7-8,15-16H,2-6,9-14H2,1H3. The lowest BCUT2D eigenvalue weighted by molar-refractivity contribution is 0.160. The maximum absolute atomic E-state index is 12.2. The van der Waals surface area contributed by atoms with Crippen LogP contribution in [-0.2, 0) is 33.0 Å². The van der Waals surface area contributed by atoms with E-state index in [0.29, 0.717) is 11.8 Å². The molecule has 2 aromatic heterocycles. The topological polar surface area (TPSA) is 56.0 Å². The van der Waals surface area contributed by atoms with Gasteiger partial charge in [-0.3, -0.25) is 14.4 Å². The molecule has 0 atom stereocenters. The van der Waals surface area contributed by atoms with Crippen LogP contribution < -0.4 is 5.56 Å². The molecule has 3 aliphatic rings. The van der Waals surface area contributed by atoms with Crippen molar-refractivity contribution in [2.24, 2.45) is 13.0 Å². The summed E-state index contributed by atoms with van der Waals surface area (Å²) < 4.78 is 3.82. The molecule has 2 fully saturated rings. The van der Waals surface area contributed by atoms with Crippen LogP contribution in [0.25, 0.3) is 0 Å². The lowest BCUT2D eigenvalue weighted by Crippen LogP contribution is -2.37. The number of aryl methyl sites for hydroxylation is 2. The molecule has 27 heavy (non-hydrogen) atoms. The van der Waals surface area contributed by atoms with Crippen molar-refractivity contribution >= 4 is 0 Å².